The fourth-order valence-electron chi connectivity index (χ4n) is 3.70. The first-order chi connectivity index (χ1) is 17.6. The van der Waals surface area contributed by atoms with E-state index < -0.39 is 60.2 Å². The van der Waals surface area contributed by atoms with Crippen LogP contribution < -0.4 is 32.7 Å². The fraction of sp³-hybridized carbons (Fsp3) is 0.571. The molecule has 204 valence electrons. The van der Waals surface area contributed by atoms with Crippen molar-refractivity contribution in [1.29, 1.82) is 0 Å². The van der Waals surface area contributed by atoms with Crippen molar-refractivity contribution in [2.45, 2.75) is 62.7 Å². The topological polar surface area (TPSA) is 267 Å². The van der Waals surface area contributed by atoms with E-state index in [4.69, 9.17) is 11.5 Å². The van der Waals surface area contributed by atoms with Crippen molar-refractivity contribution >= 4 is 35.6 Å². The highest BCUT2D eigenvalue weighted by Gasteiger charge is 2.32. The molecule has 3 amide bonds. The molecule has 0 aliphatic carbocycles. The second-order valence-corrected chi connectivity index (χ2v) is 8.50. The highest BCUT2D eigenvalue weighted by molar-refractivity contribution is 5.95. The van der Waals surface area contributed by atoms with Gasteiger partial charge in [-0.2, -0.15) is 0 Å². The van der Waals surface area contributed by atoms with Crippen LogP contribution in [0.25, 0.3) is 0 Å². The van der Waals surface area contributed by atoms with Gasteiger partial charge in [-0.3, -0.25) is 24.2 Å². The summed E-state index contributed by atoms with van der Waals surface area (Å²) in [4.78, 5) is 71.9. The number of aromatic nitrogens is 2. The first-order valence-electron chi connectivity index (χ1n) is 11.7. The zero-order valence-electron chi connectivity index (χ0n) is 20.1. The monoisotopic (exact) mass is 523 g/mol. The predicted molar refractivity (Wildman–Crippen MR) is 129 cm³/mol. The lowest BCUT2D eigenvalue weighted by molar-refractivity contribution is -0.143. The summed E-state index contributed by atoms with van der Waals surface area (Å²) in [5.41, 5.74) is 11.1. The SMILES string of the molecule is NC(N)=NCCCC(NC(=O)C(CC(=O)O)NC(=O)C1CCCN1)C(=O)NC(Cc1cnc[nH]1)C(=O)O. The van der Waals surface area contributed by atoms with Crippen LogP contribution >= 0.6 is 0 Å². The number of nitrogens with zero attached hydrogens (tertiary/aromatic N) is 2. The number of aromatic amines is 1. The van der Waals surface area contributed by atoms with Crippen molar-refractivity contribution in [3.63, 3.8) is 0 Å². The van der Waals surface area contributed by atoms with Crippen molar-refractivity contribution in [2.24, 2.45) is 16.5 Å². The van der Waals surface area contributed by atoms with Crippen LogP contribution in [-0.4, -0.2) is 93.1 Å². The van der Waals surface area contributed by atoms with Gasteiger partial charge in [-0.1, -0.05) is 0 Å². The third-order valence-electron chi connectivity index (χ3n) is 5.56. The molecule has 0 bridgehead atoms. The van der Waals surface area contributed by atoms with Crippen LogP contribution in [0.3, 0.4) is 0 Å². The molecule has 0 aromatic carbocycles. The first kappa shape index (κ1) is 29.0. The first-order valence-corrected chi connectivity index (χ1v) is 11.7. The van der Waals surface area contributed by atoms with E-state index >= 15 is 0 Å². The number of hydrogen-bond acceptors (Lipinski definition) is 8. The van der Waals surface area contributed by atoms with E-state index in [9.17, 15) is 34.2 Å². The molecule has 1 aromatic rings. The molecule has 1 aliphatic rings. The number of imidazole rings is 1. The summed E-state index contributed by atoms with van der Waals surface area (Å²) in [6.45, 7) is 0.746. The lowest BCUT2D eigenvalue weighted by Gasteiger charge is -2.24. The van der Waals surface area contributed by atoms with Gasteiger partial charge in [-0.25, -0.2) is 9.78 Å². The number of nitrogens with one attached hydrogen (secondary N) is 5. The highest BCUT2D eigenvalue weighted by Crippen LogP contribution is 2.08. The van der Waals surface area contributed by atoms with E-state index in [1.54, 1.807) is 0 Å². The van der Waals surface area contributed by atoms with E-state index in [0.29, 0.717) is 18.7 Å². The maximum absolute atomic E-state index is 13.0. The number of nitrogens with two attached hydrogens (primary N) is 2. The summed E-state index contributed by atoms with van der Waals surface area (Å²) in [6, 6.07) is -4.61. The molecule has 1 saturated heterocycles. The molecule has 1 fully saturated rings. The molecule has 2 heterocycles. The van der Waals surface area contributed by atoms with Crippen LogP contribution in [0.15, 0.2) is 17.5 Å². The Morgan fingerprint density at radius 1 is 1.08 bits per heavy atom. The van der Waals surface area contributed by atoms with Crippen molar-refractivity contribution in [3.8, 4) is 0 Å². The number of amides is 3. The molecule has 4 unspecified atom stereocenters. The van der Waals surface area contributed by atoms with Crippen LogP contribution in [0.5, 0.6) is 0 Å². The third kappa shape index (κ3) is 10.1. The zero-order valence-corrected chi connectivity index (χ0v) is 20.1. The molecular formula is C21H33N9O7. The van der Waals surface area contributed by atoms with Gasteiger partial charge in [-0.05, 0) is 32.2 Å². The van der Waals surface area contributed by atoms with E-state index in [1.165, 1.54) is 12.5 Å². The number of aliphatic carboxylic acids is 2. The van der Waals surface area contributed by atoms with Gasteiger partial charge in [0.2, 0.25) is 17.7 Å². The number of rotatable bonds is 15. The molecule has 0 radical (unpaired) electrons. The van der Waals surface area contributed by atoms with Crippen LogP contribution in [0.4, 0.5) is 0 Å². The maximum atomic E-state index is 13.0. The summed E-state index contributed by atoms with van der Waals surface area (Å²) in [5, 5.41) is 29.0. The minimum Gasteiger partial charge on any atom is -0.481 e. The van der Waals surface area contributed by atoms with Gasteiger partial charge in [0.1, 0.15) is 18.1 Å². The number of carbonyl (C=O) groups excluding carboxylic acids is 3. The van der Waals surface area contributed by atoms with Crippen molar-refractivity contribution in [2.75, 3.05) is 13.1 Å². The second kappa shape index (κ2) is 14.4. The van der Waals surface area contributed by atoms with E-state index in [-0.39, 0.29) is 31.8 Å². The Hall–Kier alpha value is -4.21. The number of carboxylic acids is 2. The third-order valence-corrected chi connectivity index (χ3v) is 5.56. The number of guanidine groups is 1. The fourth-order valence-corrected chi connectivity index (χ4v) is 3.70. The highest BCUT2D eigenvalue weighted by atomic mass is 16.4. The molecule has 37 heavy (non-hydrogen) atoms. The Kier molecular flexibility index (Phi) is 11.3. The molecule has 4 atom stereocenters. The minimum absolute atomic E-state index is 0.00265. The Morgan fingerprint density at radius 2 is 1.78 bits per heavy atom. The van der Waals surface area contributed by atoms with E-state index in [0.717, 1.165) is 6.42 Å². The maximum Gasteiger partial charge on any atom is 0.326 e. The standard InChI is InChI=1S/C21H33N9O7/c22-21(23)26-6-2-4-13(18(34)30-15(20(36)37)7-11-9-24-10-27-11)28-19(35)14(8-16(31)32)29-17(33)12-3-1-5-25-12/h9-10,12-15,25H,1-8H2,(H,24,27)(H,28,35)(H,29,33)(H,30,34)(H,31,32)(H,36,37)(H4,22,23,26). The van der Waals surface area contributed by atoms with Gasteiger partial charge < -0.3 is 47.9 Å². The average molecular weight is 524 g/mol. The zero-order chi connectivity index (χ0) is 27.4. The summed E-state index contributed by atoms with van der Waals surface area (Å²) >= 11 is 0. The number of aliphatic imine (C=N–C) groups is 1. The quantitative estimate of drug-likeness (QED) is 0.0626. The molecule has 16 nitrogen and oxygen atoms in total. The van der Waals surface area contributed by atoms with E-state index in [1.807, 2.05) is 0 Å². The number of carboxylic acid groups (broad SMARTS) is 2. The van der Waals surface area contributed by atoms with Gasteiger partial charge in [0, 0.05) is 24.9 Å². The smallest absolute Gasteiger partial charge is 0.326 e. The average Bonchev–Trinajstić information content (AvgIpc) is 3.54. The summed E-state index contributed by atoms with van der Waals surface area (Å²) in [6.07, 6.45) is 3.49. The molecule has 11 N–H and O–H groups in total. The second-order valence-electron chi connectivity index (χ2n) is 8.50. The molecule has 0 saturated carbocycles. The Labute approximate surface area is 212 Å². The van der Waals surface area contributed by atoms with Gasteiger partial charge >= 0.3 is 11.9 Å². The molecule has 1 aromatic heterocycles. The normalized spacial score (nSPS) is 17.1. The molecule has 0 spiro atoms. The lowest BCUT2D eigenvalue weighted by Crippen LogP contribution is -2.57. The van der Waals surface area contributed by atoms with Crippen LogP contribution in [0.1, 0.15) is 37.8 Å². The predicted octanol–water partition coefficient (Wildman–Crippen LogP) is -3.23. The molecule has 1 aliphatic heterocycles. The van der Waals surface area contributed by atoms with Gasteiger partial charge in [-0.15, -0.1) is 0 Å². The molecule has 2 rings (SSSR count). The van der Waals surface area contributed by atoms with Gasteiger partial charge in [0.05, 0.1) is 18.8 Å². The summed E-state index contributed by atoms with van der Waals surface area (Å²) in [5.74, 6) is -5.06. The van der Waals surface area contributed by atoms with E-state index in [2.05, 4.69) is 36.2 Å². The van der Waals surface area contributed by atoms with Crippen LogP contribution in [0.2, 0.25) is 0 Å². The van der Waals surface area contributed by atoms with Gasteiger partial charge in [0.25, 0.3) is 0 Å². The van der Waals surface area contributed by atoms with Gasteiger partial charge in [0.15, 0.2) is 5.96 Å². The van der Waals surface area contributed by atoms with Crippen molar-refractivity contribution in [1.82, 2.24) is 31.2 Å². The summed E-state index contributed by atoms with van der Waals surface area (Å²) < 4.78 is 0. The number of carbonyl (C=O) groups is 5. The summed E-state index contributed by atoms with van der Waals surface area (Å²) in [7, 11) is 0. The largest absolute Gasteiger partial charge is 0.481 e. The van der Waals surface area contributed by atoms with Crippen LogP contribution in [0, 0.1) is 0 Å². The molecular weight excluding hydrogens is 490 g/mol. The van der Waals surface area contributed by atoms with Crippen molar-refractivity contribution < 1.29 is 34.2 Å². The Balaban J connectivity index is 2.13. The Bertz CT molecular complexity index is 973. The number of H-pyrrole nitrogens is 1. The molecule has 16 heteroatoms. The number of hydrogen-bond donors (Lipinski definition) is 9. The van der Waals surface area contributed by atoms with Crippen molar-refractivity contribution in [3.05, 3.63) is 18.2 Å². The minimum atomic E-state index is -1.46. The Morgan fingerprint density at radius 3 is 2.35 bits per heavy atom. The lowest BCUT2D eigenvalue weighted by atomic mass is 10.1. The van der Waals surface area contributed by atoms with Crippen LogP contribution in [-0.2, 0) is 30.4 Å².